The van der Waals surface area contributed by atoms with E-state index in [1.807, 2.05) is 17.5 Å². The number of ether oxygens (including phenoxy) is 1. The molecule has 1 aromatic heterocycles. The molecule has 17 heavy (non-hydrogen) atoms. The van der Waals surface area contributed by atoms with Crippen molar-refractivity contribution in [3.05, 3.63) is 51.2 Å². The predicted molar refractivity (Wildman–Crippen MR) is 69.3 cm³/mol. The number of carbonyl (C=O) groups excluding carboxylic acids is 1. The summed E-state index contributed by atoms with van der Waals surface area (Å²) in [7, 11) is 0. The van der Waals surface area contributed by atoms with Gasteiger partial charge in [0.25, 0.3) is 0 Å². The molecular weight excluding hydrogens is 258 g/mol. The van der Waals surface area contributed by atoms with Crippen LogP contribution < -0.4 is 5.73 Å². The highest BCUT2D eigenvalue weighted by molar-refractivity contribution is 7.09. The first kappa shape index (κ1) is 12.0. The number of hydrogen-bond acceptors (Lipinski definition) is 4. The average molecular weight is 268 g/mol. The largest absolute Gasteiger partial charge is 0.456 e. The summed E-state index contributed by atoms with van der Waals surface area (Å²) in [6.07, 6.45) is 0. The van der Waals surface area contributed by atoms with E-state index in [9.17, 15) is 4.79 Å². The summed E-state index contributed by atoms with van der Waals surface area (Å²) < 4.78 is 5.14. The lowest BCUT2D eigenvalue weighted by Crippen LogP contribution is -2.05. The molecule has 1 heterocycles. The molecule has 0 radical (unpaired) electrons. The Balaban J connectivity index is 2.02. The molecule has 0 aliphatic carbocycles. The quantitative estimate of drug-likeness (QED) is 0.685. The van der Waals surface area contributed by atoms with E-state index in [2.05, 4.69) is 0 Å². The molecule has 0 fully saturated rings. The van der Waals surface area contributed by atoms with Crippen molar-refractivity contribution < 1.29 is 9.53 Å². The molecule has 0 amide bonds. The minimum Gasteiger partial charge on any atom is -0.456 e. The fourth-order valence-corrected chi connectivity index (χ4v) is 2.02. The van der Waals surface area contributed by atoms with Gasteiger partial charge < -0.3 is 10.5 Å². The molecule has 0 atom stereocenters. The van der Waals surface area contributed by atoms with Gasteiger partial charge in [0.2, 0.25) is 0 Å². The molecule has 3 nitrogen and oxygen atoms in total. The van der Waals surface area contributed by atoms with E-state index in [-0.39, 0.29) is 6.61 Å². The summed E-state index contributed by atoms with van der Waals surface area (Å²) in [4.78, 5) is 12.7. The first-order valence-corrected chi connectivity index (χ1v) is 6.17. The molecule has 0 saturated heterocycles. The lowest BCUT2D eigenvalue weighted by Gasteiger charge is -2.04. The van der Waals surface area contributed by atoms with Gasteiger partial charge in [-0.05, 0) is 29.6 Å². The molecule has 0 bridgehead atoms. The molecule has 2 N–H and O–H groups in total. The number of rotatable bonds is 3. The van der Waals surface area contributed by atoms with Crippen LogP contribution in [0.4, 0.5) is 5.69 Å². The first-order valence-electron chi connectivity index (χ1n) is 4.91. The van der Waals surface area contributed by atoms with Crippen LogP contribution in [-0.2, 0) is 11.3 Å². The van der Waals surface area contributed by atoms with Crippen molar-refractivity contribution in [1.82, 2.24) is 0 Å². The highest BCUT2D eigenvalue weighted by Crippen LogP contribution is 2.20. The Morgan fingerprint density at radius 2 is 2.24 bits per heavy atom. The molecule has 2 rings (SSSR count). The predicted octanol–water partition coefficient (Wildman–Crippen LogP) is 3.34. The Morgan fingerprint density at radius 1 is 1.41 bits per heavy atom. The second-order valence-electron chi connectivity index (χ2n) is 3.39. The third kappa shape index (κ3) is 2.99. The third-order valence-electron chi connectivity index (χ3n) is 2.16. The molecule has 1 aromatic carbocycles. The van der Waals surface area contributed by atoms with Crippen molar-refractivity contribution in [1.29, 1.82) is 0 Å². The van der Waals surface area contributed by atoms with Gasteiger partial charge in [-0.1, -0.05) is 17.7 Å². The molecule has 88 valence electrons. The summed E-state index contributed by atoms with van der Waals surface area (Å²) in [5, 5.41) is 2.36. The maximum Gasteiger partial charge on any atom is 0.338 e. The molecular formula is C12H10ClNO2S. The smallest absolute Gasteiger partial charge is 0.338 e. The summed E-state index contributed by atoms with van der Waals surface area (Å²) in [6.45, 7) is 0.277. The lowest BCUT2D eigenvalue weighted by atomic mass is 10.2. The minimum absolute atomic E-state index is 0.277. The van der Waals surface area contributed by atoms with Crippen molar-refractivity contribution in [3.8, 4) is 0 Å². The van der Waals surface area contributed by atoms with E-state index in [4.69, 9.17) is 22.1 Å². The van der Waals surface area contributed by atoms with Crippen LogP contribution in [0.5, 0.6) is 0 Å². The van der Waals surface area contributed by atoms with Gasteiger partial charge in [-0.3, -0.25) is 0 Å². The third-order valence-corrected chi connectivity index (χ3v) is 3.35. The number of nitrogens with two attached hydrogens (primary N) is 1. The van der Waals surface area contributed by atoms with Crippen molar-refractivity contribution in [2.24, 2.45) is 0 Å². The zero-order valence-corrected chi connectivity index (χ0v) is 10.4. The van der Waals surface area contributed by atoms with Gasteiger partial charge in [0.05, 0.1) is 16.3 Å². The summed E-state index contributed by atoms with van der Waals surface area (Å²) in [5.41, 5.74) is 6.39. The first-order chi connectivity index (χ1) is 8.16. The Bertz CT molecular complexity index is 525. The van der Waals surface area contributed by atoms with Gasteiger partial charge in [0.15, 0.2) is 0 Å². The molecule has 0 spiro atoms. The second kappa shape index (κ2) is 5.21. The van der Waals surface area contributed by atoms with Gasteiger partial charge in [0.1, 0.15) is 6.61 Å². The van der Waals surface area contributed by atoms with Crippen LogP contribution in [0.1, 0.15) is 15.2 Å². The van der Waals surface area contributed by atoms with Gasteiger partial charge in [-0.15, -0.1) is 11.3 Å². The van der Waals surface area contributed by atoms with Crippen molar-refractivity contribution in [3.63, 3.8) is 0 Å². The summed E-state index contributed by atoms with van der Waals surface area (Å²) in [5.74, 6) is -0.401. The van der Waals surface area contributed by atoms with Crippen LogP contribution in [-0.4, -0.2) is 5.97 Å². The van der Waals surface area contributed by atoms with E-state index in [1.54, 1.807) is 23.5 Å². The van der Waals surface area contributed by atoms with Crippen LogP contribution in [0.25, 0.3) is 0 Å². The van der Waals surface area contributed by atoms with Crippen LogP contribution in [0.3, 0.4) is 0 Å². The van der Waals surface area contributed by atoms with Gasteiger partial charge in [0, 0.05) is 4.88 Å². The van der Waals surface area contributed by atoms with Crippen molar-refractivity contribution in [2.45, 2.75) is 6.61 Å². The average Bonchev–Trinajstić information content (AvgIpc) is 2.82. The lowest BCUT2D eigenvalue weighted by molar-refractivity contribution is 0.0477. The van der Waals surface area contributed by atoms with Gasteiger partial charge >= 0.3 is 5.97 Å². The van der Waals surface area contributed by atoms with E-state index >= 15 is 0 Å². The zero-order chi connectivity index (χ0) is 12.3. The van der Waals surface area contributed by atoms with E-state index in [1.165, 1.54) is 6.07 Å². The molecule has 5 heteroatoms. The number of thiophene rings is 1. The normalized spacial score (nSPS) is 10.2. The summed E-state index contributed by atoms with van der Waals surface area (Å²) >= 11 is 7.31. The fourth-order valence-electron chi connectivity index (χ4n) is 1.29. The van der Waals surface area contributed by atoms with Gasteiger partial charge in [-0.25, -0.2) is 4.79 Å². The SMILES string of the molecule is Nc1cc(C(=O)OCc2cccs2)ccc1Cl. The number of hydrogen-bond donors (Lipinski definition) is 1. The summed E-state index contributed by atoms with van der Waals surface area (Å²) in [6, 6.07) is 8.51. The number of benzene rings is 1. The highest BCUT2D eigenvalue weighted by atomic mass is 35.5. The molecule has 0 saturated carbocycles. The standard InChI is InChI=1S/C12H10ClNO2S/c13-10-4-3-8(6-11(10)14)12(15)16-7-9-2-1-5-17-9/h1-6H,7,14H2. The molecule has 0 unspecified atom stereocenters. The highest BCUT2D eigenvalue weighted by Gasteiger charge is 2.09. The van der Waals surface area contributed by atoms with E-state index < -0.39 is 5.97 Å². The van der Waals surface area contributed by atoms with Crippen molar-refractivity contribution >= 4 is 34.6 Å². The van der Waals surface area contributed by atoms with E-state index in [0.29, 0.717) is 16.3 Å². The van der Waals surface area contributed by atoms with Crippen LogP contribution in [0, 0.1) is 0 Å². The second-order valence-corrected chi connectivity index (χ2v) is 4.83. The van der Waals surface area contributed by atoms with Gasteiger partial charge in [-0.2, -0.15) is 0 Å². The molecule has 0 aliphatic heterocycles. The monoisotopic (exact) mass is 267 g/mol. The maximum atomic E-state index is 11.7. The molecule has 2 aromatic rings. The Hall–Kier alpha value is -1.52. The molecule has 0 aliphatic rings. The Labute approximate surface area is 108 Å². The minimum atomic E-state index is -0.401. The number of esters is 1. The number of anilines is 1. The van der Waals surface area contributed by atoms with Crippen LogP contribution >= 0.6 is 22.9 Å². The Kier molecular flexibility index (Phi) is 3.66. The maximum absolute atomic E-state index is 11.7. The number of nitrogen functional groups attached to an aromatic ring is 1. The zero-order valence-electron chi connectivity index (χ0n) is 8.85. The van der Waals surface area contributed by atoms with Crippen LogP contribution in [0.15, 0.2) is 35.7 Å². The topological polar surface area (TPSA) is 52.3 Å². The Morgan fingerprint density at radius 3 is 2.88 bits per heavy atom. The number of carbonyl (C=O) groups is 1. The fraction of sp³-hybridized carbons (Fsp3) is 0.0833. The van der Waals surface area contributed by atoms with E-state index in [0.717, 1.165) is 4.88 Å². The van der Waals surface area contributed by atoms with Crippen LogP contribution in [0.2, 0.25) is 5.02 Å². The van der Waals surface area contributed by atoms with Crippen molar-refractivity contribution in [2.75, 3.05) is 5.73 Å². The number of halogens is 1.